The fourth-order valence-electron chi connectivity index (χ4n) is 3.70. The summed E-state index contributed by atoms with van der Waals surface area (Å²) in [7, 11) is 0. The molecular formula is C27H35FO4. The van der Waals surface area contributed by atoms with E-state index in [4.69, 9.17) is 4.74 Å². The highest BCUT2D eigenvalue weighted by molar-refractivity contribution is 5.75. The average molecular weight is 443 g/mol. The molecular weight excluding hydrogens is 407 g/mol. The molecule has 0 saturated heterocycles. The number of hydrogen-bond acceptors (Lipinski definition) is 3. The van der Waals surface area contributed by atoms with Crippen molar-refractivity contribution in [1.82, 2.24) is 0 Å². The van der Waals surface area contributed by atoms with Gasteiger partial charge in [0, 0.05) is 0 Å². The van der Waals surface area contributed by atoms with Crippen molar-refractivity contribution in [1.29, 1.82) is 0 Å². The molecule has 0 unspecified atom stereocenters. The molecule has 0 heterocycles. The number of halogens is 1. The Morgan fingerprint density at radius 2 is 1.50 bits per heavy atom. The third-order valence-electron chi connectivity index (χ3n) is 5.48. The quantitative estimate of drug-likeness (QED) is 0.395. The molecule has 5 heteroatoms. The number of esters is 1. The monoisotopic (exact) mass is 442 g/mol. The van der Waals surface area contributed by atoms with E-state index in [2.05, 4.69) is 6.92 Å². The smallest absolute Gasteiger partial charge is 0.309 e. The van der Waals surface area contributed by atoms with Crippen LogP contribution in [0.5, 0.6) is 0 Å². The summed E-state index contributed by atoms with van der Waals surface area (Å²) >= 11 is 0. The summed E-state index contributed by atoms with van der Waals surface area (Å²) in [5.41, 5.74) is 2.35. The molecule has 32 heavy (non-hydrogen) atoms. The normalized spacial score (nSPS) is 13.4. The first-order valence-electron chi connectivity index (χ1n) is 11.4. The van der Waals surface area contributed by atoms with E-state index in [9.17, 15) is 19.1 Å². The minimum absolute atomic E-state index is 0.270. The molecule has 0 saturated carbocycles. The van der Waals surface area contributed by atoms with Crippen molar-refractivity contribution in [2.24, 2.45) is 11.8 Å². The molecule has 174 valence electrons. The Morgan fingerprint density at radius 3 is 2.00 bits per heavy atom. The van der Waals surface area contributed by atoms with Gasteiger partial charge in [0.25, 0.3) is 0 Å². The summed E-state index contributed by atoms with van der Waals surface area (Å²) in [6.45, 7) is 7.53. The van der Waals surface area contributed by atoms with Crippen LogP contribution in [0, 0.1) is 17.7 Å². The Hall–Kier alpha value is -2.69. The minimum Gasteiger partial charge on any atom is -0.481 e. The zero-order valence-corrected chi connectivity index (χ0v) is 19.6. The Balaban J connectivity index is 2.02. The van der Waals surface area contributed by atoms with E-state index in [0.717, 1.165) is 29.5 Å². The van der Waals surface area contributed by atoms with E-state index in [1.54, 1.807) is 12.1 Å². The van der Waals surface area contributed by atoms with Crippen LogP contribution in [0.15, 0.2) is 48.5 Å². The molecule has 0 aromatic heterocycles. The van der Waals surface area contributed by atoms with E-state index in [0.29, 0.717) is 19.3 Å². The van der Waals surface area contributed by atoms with E-state index in [1.807, 2.05) is 45.0 Å². The van der Waals surface area contributed by atoms with Crippen molar-refractivity contribution >= 4 is 11.9 Å². The van der Waals surface area contributed by atoms with Crippen molar-refractivity contribution in [3.63, 3.8) is 0 Å². The zero-order chi connectivity index (χ0) is 23.7. The lowest BCUT2D eigenvalue weighted by atomic mass is 9.87. The molecule has 1 N–H and O–H groups in total. The minimum atomic E-state index is -0.877. The molecule has 0 aliphatic heterocycles. The summed E-state index contributed by atoms with van der Waals surface area (Å²) in [5, 5.41) is 9.77. The van der Waals surface area contributed by atoms with Crippen LogP contribution >= 0.6 is 0 Å². The second kappa shape index (κ2) is 11.8. The lowest BCUT2D eigenvalue weighted by Crippen LogP contribution is -2.31. The second-order valence-electron chi connectivity index (χ2n) is 9.39. The number of aliphatic carboxylic acids is 1. The summed E-state index contributed by atoms with van der Waals surface area (Å²) < 4.78 is 18.7. The van der Waals surface area contributed by atoms with Crippen LogP contribution in [0.25, 0.3) is 11.1 Å². The van der Waals surface area contributed by atoms with Gasteiger partial charge in [-0.1, -0.05) is 56.2 Å². The van der Waals surface area contributed by atoms with Gasteiger partial charge in [0.2, 0.25) is 0 Å². The molecule has 0 aliphatic carbocycles. The zero-order valence-electron chi connectivity index (χ0n) is 19.6. The molecule has 0 spiro atoms. The number of aryl methyl sites for hydroxylation is 1. The van der Waals surface area contributed by atoms with Gasteiger partial charge in [-0.25, -0.2) is 4.39 Å². The van der Waals surface area contributed by atoms with Crippen molar-refractivity contribution in [3.05, 3.63) is 59.9 Å². The van der Waals surface area contributed by atoms with E-state index in [1.165, 1.54) is 12.1 Å². The Bertz CT molecular complexity index is 866. The van der Waals surface area contributed by atoms with Crippen molar-refractivity contribution in [2.75, 3.05) is 0 Å². The highest BCUT2D eigenvalue weighted by Crippen LogP contribution is 2.27. The van der Waals surface area contributed by atoms with Crippen molar-refractivity contribution < 1.29 is 23.8 Å². The number of hydrogen-bond donors (Lipinski definition) is 1. The molecule has 2 rings (SSSR count). The Labute approximate surface area is 190 Å². The summed E-state index contributed by atoms with van der Waals surface area (Å²) in [6.07, 6.45) is 3.80. The second-order valence-corrected chi connectivity index (χ2v) is 9.39. The fourth-order valence-corrected chi connectivity index (χ4v) is 3.70. The maximum atomic E-state index is 13.1. The number of rotatable bonds is 11. The Morgan fingerprint density at radius 1 is 0.938 bits per heavy atom. The van der Waals surface area contributed by atoms with Gasteiger partial charge in [-0.2, -0.15) is 0 Å². The summed E-state index contributed by atoms with van der Waals surface area (Å²) in [5.74, 6) is -2.47. The first-order valence-corrected chi connectivity index (χ1v) is 11.4. The molecule has 0 fully saturated rings. The maximum absolute atomic E-state index is 13.1. The molecule has 0 bridgehead atoms. The predicted octanol–water partition coefficient (Wildman–Crippen LogP) is 6.66. The summed E-state index contributed by atoms with van der Waals surface area (Å²) in [4.78, 5) is 24.6. The van der Waals surface area contributed by atoms with Gasteiger partial charge in [0.1, 0.15) is 11.4 Å². The van der Waals surface area contributed by atoms with Gasteiger partial charge in [-0.05, 0) is 75.3 Å². The van der Waals surface area contributed by atoms with Crippen molar-refractivity contribution in [3.8, 4) is 11.1 Å². The van der Waals surface area contributed by atoms with Gasteiger partial charge >= 0.3 is 11.9 Å². The first kappa shape index (κ1) is 25.6. The van der Waals surface area contributed by atoms with Crippen LogP contribution < -0.4 is 0 Å². The number of carboxylic acids is 1. The maximum Gasteiger partial charge on any atom is 0.309 e. The van der Waals surface area contributed by atoms with Crippen LogP contribution in [0.1, 0.15) is 65.4 Å². The lowest BCUT2D eigenvalue weighted by Gasteiger charge is -2.25. The van der Waals surface area contributed by atoms with Gasteiger partial charge < -0.3 is 9.84 Å². The summed E-state index contributed by atoms with van der Waals surface area (Å²) in [6, 6.07) is 14.2. The molecule has 0 radical (unpaired) electrons. The number of carbonyl (C=O) groups excluding carboxylic acids is 1. The predicted molar refractivity (Wildman–Crippen MR) is 125 cm³/mol. The molecule has 2 aromatic rings. The number of unbranched alkanes of at least 4 members (excludes halogenated alkanes) is 1. The third-order valence-corrected chi connectivity index (χ3v) is 5.48. The topological polar surface area (TPSA) is 63.6 Å². The Kier molecular flexibility index (Phi) is 9.42. The van der Waals surface area contributed by atoms with Crippen LogP contribution in [-0.4, -0.2) is 22.6 Å². The number of carboxylic acid groups (broad SMARTS) is 1. The number of carbonyl (C=O) groups is 2. The van der Waals surface area contributed by atoms with Gasteiger partial charge in [-0.15, -0.1) is 0 Å². The molecule has 0 aliphatic rings. The van der Waals surface area contributed by atoms with E-state index in [-0.39, 0.29) is 18.2 Å². The van der Waals surface area contributed by atoms with Crippen LogP contribution in [-0.2, 0) is 20.7 Å². The number of ether oxygens (including phenoxy) is 1. The standard InChI is InChI=1S/C27H35FO4/c1-5-6-7-23(26(31)32-27(2,3)4)18-22(25(29)30)13-10-19-8-11-20(12-9-19)21-14-16-24(28)17-15-21/h8-9,11-12,14-17,22-23H,5-7,10,13,18H2,1-4H3,(H,29,30)/t22-,23+/m1/s1. The van der Waals surface area contributed by atoms with Gasteiger partial charge in [-0.3, -0.25) is 9.59 Å². The van der Waals surface area contributed by atoms with Crippen LogP contribution in [0.3, 0.4) is 0 Å². The molecule has 2 aromatic carbocycles. The van der Waals surface area contributed by atoms with Gasteiger partial charge in [0.05, 0.1) is 11.8 Å². The van der Waals surface area contributed by atoms with E-state index < -0.39 is 23.4 Å². The fraction of sp³-hybridized carbons (Fsp3) is 0.481. The first-order chi connectivity index (χ1) is 15.1. The number of benzene rings is 2. The molecule has 2 atom stereocenters. The van der Waals surface area contributed by atoms with Gasteiger partial charge in [0.15, 0.2) is 0 Å². The third kappa shape index (κ3) is 8.45. The van der Waals surface area contributed by atoms with Crippen LogP contribution in [0.2, 0.25) is 0 Å². The SMILES string of the molecule is CCCC[C@@H](C[C@@H](CCc1ccc(-c2ccc(F)cc2)cc1)C(=O)O)C(=O)OC(C)(C)C. The average Bonchev–Trinajstić information content (AvgIpc) is 2.72. The molecule has 0 amide bonds. The highest BCUT2D eigenvalue weighted by Gasteiger charge is 2.30. The van der Waals surface area contributed by atoms with Crippen LogP contribution in [0.4, 0.5) is 4.39 Å². The van der Waals surface area contributed by atoms with E-state index >= 15 is 0 Å². The highest BCUT2D eigenvalue weighted by atomic mass is 19.1. The lowest BCUT2D eigenvalue weighted by molar-refractivity contribution is -0.161. The molecule has 4 nitrogen and oxygen atoms in total. The van der Waals surface area contributed by atoms with Crippen molar-refractivity contribution in [2.45, 2.75) is 71.8 Å². The largest absolute Gasteiger partial charge is 0.481 e.